The van der Waals surface area contributed by atoms with Gasteiger partial charge in [0.15, 0.2) is 0 Å². The van der Waals surface area contributed by atoms with E-state index in [9.17, 15) is 10.2 Å². The van der Waals surface area contributed by atoms with E-state index in [1.807, 2.05) is 13.8 Å². The average molecular weight is 210 g/mol. The molecule has 1 aromatic carbocycles. The van der Waals surface area contributed by atoms with Crippen molar-refractivity contribution < 1.29 is 15.3 Å². The quantitative estimate of drug-likeness (QED) is 0.702. The van der Waals surface area contributed by atoms with Crippen LogP contribution < -0.4 is 0 Å². The Balaban J connectivity index is 2.77. The summed E-state index contributed by atoms with van der Waals surface area (Å²) in [6, 6.07) is 3.43. The first kappa shape index (κ1) is 12.0. The largest absolute Gasteiger partial charge is 0.508 e. The lowest BCUT2D eigenvalue weighted by Gasteiger charge is -2.12. The number of hydrogen-bond donors (Lipinski definition) is 3. The second kappa shape index (κ2) is 5.14. The number of benzene rings is 1. The molecule has 0 aliphatic rings. The van der Waals surface area contributed by atoms with Gasteiger partial charge in [-0.1, -0.05) is 0 Å². The zero-order valence-electron chi connectivity index (χ0n) is 9.20. The minimum atomic E-state index is -0.655. The van der Waals surface area contributed by atoms with E-state index in [2.05, 4.69) is 0 Å². The van der Waals surface area contributed by atoms with Crippen molar-refractivity contribution in [3.05, 3.63) is 28.8 Å². The van der Waals surface area contributed by atoms with Crippen LogP contribution in [0.15, 0.2) is 12.1 Å². The van der Waals surface area contributed by atoms with Crippen molar-refractivity contribution in [2.45, 2.75) is 32.8 Å². The summed E-state index contributed by atoms with van der Waals surface area (Å²) in [5, 5.41) is 27.3. The third-order valence-corrected chi connectivity index (χ3v) is 2.62. The van der Waals surface area contributed by atoms with Crippen LogP contribution in [0.3, 0.4) is 0 Å². The van der Waals surface area contributed by atoms with Crippen LogP contribution in [-0.4, -0.2) is 28.0 Å². The Labute approximate surface area is 90.0 Å². The highest BCUT2D eigenvalue weighted by Gasteiger charge is 2.08. The van der Waals surface area contributed by atoms with Crippen LogP contribution in [0.1, 0.15) is 23.1 Å². The summed E-state index contributed by atoms with van der Waals surface area (Å²) in [6.45, 7) is 3.68. The molecule has 0 fully saturated rings. The number of aromatic hydroxyl groups is 1. The maximum absolute atomic E-state index is 9.35. The molecule has 0 heterocycles. The fraction of sp³-hybridized carbons (Fsp3) is 0.500. The molecule has 3 nitrogen and oxygen atoms in total. The summed E-state index contributed by atoms with van der Waals surface area (Å²) in [4.78, 5) is 0. The van der Waals surface area contributed by atoms with Crippen LogP contribution >= 0.6 is 0 Å². The molecule has 3 N–H and O–H groups in total. The molecule has 1 unspecified atom stereocenters. The smallest absolute Gasteiger partial charge is 0.116 e. The number of aryl methyl sites for hydroxylation is 2. The van der Waals surface area contributed by atoms with Gasteiger partial charge in [-0.05, 0) is 55.5 Å². The molecule has 0 saturated carbocycles. The van der Waals surface area contributed by atoms with Crippen LogP contribution in [0.25, 0.3) is 0 Å². The molecule has 1 atom stereocenters. The Kier molecular flexibility index (Phi) is 4.12. The molecule has 0 saturated heterocycles. The first-order valence-electron chi connectivity index (χ1n) is 5.12. The molecule has 84 valence electrons. The van der Waals surface area contributed by atoms with E-state index < -0.39 is 6.10 Å². The van der Waals surface area contributed by atoms with Crippen molar-refractivity contribution in [3.63, 3.8) is 0 Å². The van der Waals surface area contributed by atoms with E-state index in [1.165, 1.54) is 0 Å². The van der Waals surface area contributed by atoms with Gasteiger partial charge in [-0.3, -0.25) is 0 Å². The van der Waals surface area contributed by atoms with E-state index in [0.717, 1.165) is 23.1 Å². The highest BCUT2D eigenvalue weighted by Crippen LogP contribution is 2.22. The number of phenolic OH excluding ortho intramolecular Hbond substituents is 1. The number of hydrogen-bond acceptors (Lipinski definition) is 3. The monoisotopic (exact) mass is 210 g/mol. The third kappa shape index (κ3) is 3.22. The Bertz CT molecular complexity index is 311. The molecular weight excluding hydrogens is 192 g/mol. The van der Waals surface area contributed by atoms with Crippen LogP contribution in [0.2, 0.25) is 0 Å². The number of rotatable bonds is 4. The summed E-state index contributed by atoms with van der Waals surface area (Å²) in [7, 11) is 0. The third-order valence-electron chi connectivity index (χ3n) is 2.62. The van der Waals surface area contributed by atoms with Crippen LogP contribution in [-0.2, 0) is 6.42 Å². The van der Waals surface area contributed by atoms with E-state index >= 15 is 0 Å². The maximum Gasteiger partial charge on any atom is 0.116 e. The first-order valence-corrected chi connectivity index (χ1v) is 5.12. The topological polar surface area (TPSA) is 60.7 Å². The molecule has 0 aliphatic carbocycles. The number of aliphatic hydroxyl groups is 2. The van der Waals surface area contributed by atoms with Crippen molar-refractivity contribution in [1.82, 2.24) is 0 Å². The summed E-state index contributed by atoms with van der Waals surface area (Å²) in [6.07, 6.45) is 0.611. The van der Waals surface area contributed by atoms with Crippen molar-refractivity contribution in [2.24, 2.45) is 0 Å². The predicted octanol–water partition coefficient (Wildman–Crippen LogP) is 1.29. The number of aliphatic hydroxyl groups excluding tert-OH is 2. The summed E-state index contributed by atoms with van der Waals surface area (Å²) < 4.78 is 0. The first-order chi connectivity index (χ1) is 7.04. The van der Waals surface area contributed by atoms with Gasteiger partial charge in [-0.25, -0.2) is 0 Å². The zero-order valence-corrected chi connectivity index (χ0v) is 9.20. The highest BCUT2D eigenvalue weighted by atomic mass is 16.3. The SMILES string of the molecule is Cc1cc(O)cc(C)c1CCC(O)CO. The van der Waals surface area contributed by atoms with E-state index in [1.54, 1.807) is 12.1 Å². The molecule has 0 radical (unpaired) electrons. The Morgan fingerprint density at radius 3 is 2.20 bits per heavy atom. The summed E-state index contributed by atoms with van der Waals surface area (Å²) in [5.41, 5.74) is 3.19. The second-order valence-corrected chi connectivity index (χ2v) is 3.93. The van der Waals surface area contributed by atoms with Crippen LogP contribution in [0.4, 0.5) is 0 Å². The standard InChI is InChI=1S/C12H18O3/c1-8-5-11(15)6-9(2)12(8)4-3-10(14)7-13/h5-6,10,13-15H,3-4,7H2,1-2H3. The van der Waals surface area contributed by atoms with Crippen molar-refractivity contribution in [2.75, 3.05) is 6.61 Å². The predicted molar refractivity (Wildman–Crippen MR) is 59.0 cm³/mol. The van der Waals surface area contributed by atoms with Gasteiger partial charge in [0.2, 0.25) is 0 Å². The normalized spacial score (nSPS) is 12.8. The lowest BCUT2D eigenvalue weighted by atomic mass is 9.97. The molecule has 0 aliphatic heterocycles. The molecule has 0 aromatic heterocycles. The van der Waals surface area contributed by atoms with Crippen LogP contribution in [0.5, 0.6) is 5.75 Å². The molecule has 3 heteroatoms. The Morgan fingerprint density at radius 1 is 1.20 bits per heavy atom. The maximum atomic E-state index is 9.35. The molecule has 0 amide bonds. The summed E-state index contributed by atoms with van der Waals surface area (Å²) >= 11 is 0. The molecule has 0 bridgehead atoms. The Morgan fingerprint density at radius 2 is 1.73 bits per heavy atom. The van der Waals surface area contributed by atoms with E-state index in [-0.39, 0.29) is 12.4 Å². The highest BCUT2D eigenvalue weighted by molar-refractivity contribution is 5.40. The fourth-order valence-electron chi connectivity index (χ4n) is 1.77. The fourth-order valence-corrected chi connectivity index (χ4v) is 1.77. The van der Waals surface area contributed by atoms with Gasteiger partial charge < -0.3 is 15.3 Å². The van der Waals surface area contributed by atoms with Gasteiger partial charge in [-0.2, -0.15) is 0 Å². The lowest BCUT2D eigenvalue weighted by molar-refractivity contribution is 0.0885. The lowest BCUT2D eigenvalue weighted by Crippen LogP contribution is -2.13. The summed E-state index contributed by atoms with van der Waals surface area (Å²) in [5.74, 6) is 0.274. The molecule has 15 heavy (non-hydrogen) atoms. The van der Waals surface area contributed by atoms with Gasteiger partial charge >= 0.3 is 0 Å². The van der Waals surface area contributed by atoms with Crippen LogP contribution in [0, 0.1) is 13.8 Å². The van der Waals surface area contributed by atoms with Gasteiger partial charge in [0.25, 0.3) is 0 Å². The Hall–Kier alpha value is -1.06. The van der Waals surface area contributed by atoms with E-state index in [0.29, 0.717) is 6.42 Å². The van der Waals surface area contributed by atoms with Crippen molar-refractivity contribution in [1.29, 1.82) is 0 Å². The molecule has 1 aromatic rings. The van der Waals surface area contributed by atoms with E-state index in [4.69, 9.17) is 5.11 Å². The molecular formula is C12H18O3. The van der Waals surface area contributed by atoms with Gasteiger partial charge in [0.1, 0.15) is 5.75 Å². The zero-order chi connectivity index (χ0) is 11.4. The van der Waals surface area contributed by atoms with Gasteiger partial charge in [-0.15, -0.1) is 0 Å². The minimum Gasteiger partial charge on any atom is -0.508 e. The van der Waals surface area contributed by atoms with Gasteiger partial charge in [0, 0.05) is 0 Å². The van der Waals surface area contributed by atoms with Crippen molar-refractivity contribution >= 4 is 0 Å². The molecule has 1 rings (SSSR count). The van der Waals surface area contributed by atoms with Crippen molar-refractivity contribution in [3.8, 4) is 5.75 Å². The number of phenols is 1. The average Bonchev–Trinajstić information content (AvgIpc) is 2.15. The minimum absolute atomic E-state index is 0.198. The second-order valence-electron chi connectivity index (χ2n) is 3.93. The molecule has 0 spiro atoms. The van der Waals surface area contributed by atoms with Gasteiger partial charge in [0.05, 0.1) is 12.7 Å².